The Bertz CT molecular complexity index is 283. The van der Waals surface area contributed by atoms with Crippen LogP contribution in [0.4, 0.5) is 0 Å². The van der Waals surface area contributed by atoms with E-state index in [1.807, 2.05) is 0 Å². The first kappa shape index (κ1) is 13.8. The Labute approximate surface area is 110 Å². The normalized spacial score (nSPS) is 31.6. The highest BCUT2D eigenvalue weighted by Gasteiger charge is 2.41. The van der Waals surface area contributed by atoms with E-state index in [2.05, 4.69) is 17.6 Å². The molecule has 0 radical (unpaired) electrons. The van der Waals surface area contributed by atoms with Crippen molar-refractivity contribution >= 4 is 5.91 Å². The first-order valence-corrected chi connectivity index (χ1v) is 7.19. The standard InChI is InChI=1S/C14H26N2O2/c1-10(13-8-11-3-4-12(13)7-11)16-9-14(17)15-5-6-18-2/h10-13,16H,3-9H2,1-2H3,(H,15,17). The molecule has 2 rings (SSSR count). The van der Waals surface area contributed by atoms with Crippen LogP contribution in [0.1, 0.15) is 32.6 Å². The van der Waals surface area contributed by atoms with Crippen LogP contribution in [0.2, 0.25) is 0 Å². The fourth-order valence-corrected chi connectivity index (χ4v) is 3.67. The van der Waals surface area contributed by atoms with Gasteiger partial charge in [-0.05, 0) is 43.9 Å². The van der Waals surface area contributed by atoms with Gasteiger partial charge < -0.3 is 15.4 Å². The molecule has 2 aliphatic rings. The molecule has 4 nitrogen and oxygen atoms in total. The molecular formula is C14H26N2O2. The van der Waals surface area contributed by atoms with Crippen LogP contribution in [0.15, 0.2) is 0 Å². The number of carbonyl (C=O) groups excluding carboxylic acids is 1. The van der Waals surface area contributed by atoms with Crippen molar-refractivity contribution in [3.8, 4) is 0 Å². The van der Waals surface area contributed by atoms with Gasteiger partial charge in [0.05, 0.1) is 13.2 Å². The second-order valence-corrected chi connectivity index (χ2v) is 5.85. The number of hydrogen-bond donors (Lipinski definition) is 2. The van der Waals surface area contributed by atoms with Crippen molar-refractivity contribution in [2.45, 2.75) is 38.6 Å². The van der Waals surface area contributed by atoms with E-state index in [0.717, 1.165) is 17.8 Å². The zero-order valence-electron chi connectivity index (χ0n) is 11.6. The number of rotatable bonds is 7. The molecule has 1 amide bonds. The first-order chi connectivity index (χ1) is 8.70. The molecule has 0 aromatic carbocycles. The summed E-state index contributed by atoms with van der Waals surface area (Å²) in [6.07, 6.45) is 5.63. The van der Waals surface area contributed by atoms with Crippen molar-refractivity contribution in [1.29, 1.82) is 0 Å². The number of carbonyl (C=O) groups is 1. The third-order valence-electron chi connectivity index (χ3n) is 4.65. The molecule has 0 aliphatic heterocycles. The van der Waals surface area contributed by atoms with E-state index in [0.29, 0.717) is 25.7 Å². The van der Waals surface area contributed by atoms with E-state index in [9.17, 15) is 4.79 Å². The summed E-state index contributed by atoms with van der Waals surface area (Å²) in [6, 6.07) is 0.466. The highest BCUT2D eigenvalue weighted by molar-refractivity contribution is 5.77. The van der Waals surface area contributed by atoms with Gasteiger partial charge in [-0.3, -0.25) is 4.79 Å². The second-order valence-electron chi connectivity index (χ2n) is 5.85. The number of nitrogens with one attached hydrogen (secondary N) is 2. The number of fused-ring (bicyclic) bond motifs is 2. The Morgan fingerprint density at radius 2 is 2.22 bits per heavy atom. The van der Waals surface area contributed by atoms with Gasteiger partial charge in [0.15, 0.2) is 0 Å². The number of ether oxygens (including phenoxy) is 1. The van der Waals surface area contributed by atoms with Crippen LogP contribution in [-0.4, -0.2) is 38.8 Å². The smallest absolute Gasteiger partial charge is 0.234 e. The molecule has 0 aromatic heterocycles. The molecule has 2 N–H and O–H groups in total. The number of amides is 1. The molecule has 4 heteroatoms. The summed E-state index contributed by atoms with van der Waals surface area (Å²) in [5.74, 6) is 2.74. The summed E-state index contributed by atoms with van der Waals surface area (Å²) >= 11 is 0. The van der Waals surface area contributed by atoms with E-state index < -0.39 is 0 Å². The van der Waals surface area contributed by atoms with Crippen LogP contribution in [0, 0.1) is 17.8 Å². The minimum Gasteiger partial charge on any atom is -0.383 e. The summed E-state index contributed by atoms with van der Waals surface area (Å²) in [6.45, 7) is 3.83. The van der Waals surface area contributed by atoms with Crippen LogP contribution in [-0.2, 0) is 9.53 Å². The summed E-state index contributed by atoms with van der Waals surface area (Å²) in [4.78, 5) is 11.6. The Morgan fingerprint density at radius 3 is 2.83 bits per heavy atom. The van der Waals surface area contributed by atoms with Crippen molar-refractivity contribution < 1.29 is 9.53 Å². The van der Waals surface area contributed by atoms with E-state index in [1.165, 1.54) is 25.7 Å². The van der Waals surface area contributed by atoms with Gasteiger partial charge in [0.1, 0.15) is 0 Å². The van der Waals surface area contributed by atoms with Crippen LogP contribution >= 0.6 is 0 Å². The van der Waals surface area contributed by atoms with Gasteiger partial charge >= 0.3 is 0 Å². The lowest BCUT2D eigenvalue weighted by atomic mass is 9.84. The topological polar surface area (TPSA) is 50.4 Å². The fourth-order valence-electron chi connectivity index (χ4n) is 3.67. The first-order valence-electron chi connectivity index (χ1n) is 7.19. The van der Waals surface area contributed by atoms with Gasteiger partial charge in [0, 0.05) is 19.7 Å². The van der Waals surface area contributed by atoms with E-state index in [-0.39, 0.29) is 5.91 Å². The monoisotopic (exact) mass is 254 g/mol. The molecule has 0 heterocycles. The Hall–Kier alpha value is -0.610. The average Bonchev–Trinajstić information content (AvgIpc) is 2.98. The summed E-state index contributed by atoms with van der Waals surface area (Å²) in [7, 11) is 1.64. The molecule has 104 valence electrons. The number of methoxy groups -OCH3 is 1. The fraction of sp³-hybridized carbons (Fsp3) is 0.929. The van der Waals surface area contributed by atoms with Crippen LogP contribution in [0.5, 0.6) is 0 Å². The summed E-state index contributed by atoms with van der Waals surface area (Å²) in [5, 5.41) is 6.22. The molecule has 4 atom stereocenters. The van der Waals surface area contributed by atoms with Gasteiger partial charge in [-0.25, -0.2) is 0 Å². The second kappa shape index (κ2) is 6.53. The van der Waals surface area contributed by atoms with Gasteiger partial charge in [-0.2, -0.15) is 0 Å². The SMILES string of the molecule is COCCNC(=O)CNC(C)C1CC2CCC1C2. The van der Waals surface area contributed by atoms with Gasteiger partial charge in [0.2, 0.25) is 5.91 Å². The molecule has 0 aromatic rings. The van der Waals surface area contributed by atoms with Crippen molar-refractivity contribution in [2.75, 3.05) is 26.8 Å². The third-order valence-corrected chi connectivity index (χ3v) is 4.65. The highest BCUT2D eigenvalue weighted by Crippen LogP contribution is 2.49. The zero-order valence-corrected chi connectivity index (χ0v) is 11.6. The van der Waals surface area contributed by atoms with Crippen LogP contribution in [0.3, 0.4) is 0 Å². The number of hydrogen-bond acceptors (Lipinski definition) is 3. The van der Waals surface area contributed by atoms with E-state index in [4.69, 9.17) is 4.74 Å². The lowest BCUT2D eigenvalue weighted by Gasteiger charge is -2.28. The van der Waals surface area contributed by atoms with Crippen molar-refractivity contribution in [1.82, 2.24) is 10.6 Å². The van der Waals surface area contributed by atoms with Crippen molar-refractivity contribution in [3.05, 3.63) is 0 Å². The molecule has 18 heavy (non-hydrogen) atoms. The Morgan fingerprint density at radius 1 is 1.39 bits per heavy atom. The molecule has 2 saturated carbocycles. The van der Waals surface area contributed by atoms with Gasteiger partial charge in [0.25, 0.3) is 0 Å². The minimum atomic E-state index is 0.0713. The van der Waals surface area contributed by atoms with Crippen LogP contribution < -0.4 is 10.6 Å². The lowest BCUT2D eigenvalue weighted by molar-refractivity contribution is -0.120. The van der Waals surface area contributed by atoms with Crippen LogP contribution in [0.25, 0.3) is 0 Å². The maximum Gasteiger partial charge on any atom is 0.234 e. The Balaban J connectivity index is 1.62. The van der Waals surface area contributed by atoms with E-state index in [1.54, 1.807) is 7.11 Å². The minimum absolute atomic E-state index is 0.0713. The van der Waals surface area contributed by atoms with Crippen molar-refractivity contribution in [2.24, 2.45) is 17.8 Å². The van der Waals surface area contributed by atoms with Crippen molar-refractivity contribution in [3.63, 3.8) is 0 Å². The quantitative estimate of drug-likeness (QED) is 0.670. The zero-order chi connectivity index (χ0) is 13.0. The maximum atomic E-state index is 11.6. The molecule has 0 spiro atoms. The third kappa shape index (κ3) is 3.45. The predicted octanol–water partition coefficient (Wildman–Crippen LogP) is 1.16. The molecular weight excluding hydrogens is 228 g/mol. The molecule has 0 saturated heterocycles. The summed E-state index contributed by atoms with van der Waals surface area (Å²) in [5.41, 5.74) is 0. The highest BCUT2D eigenvalue weighted by atomic mass is 16.5. The molecule has 2 fully saturated rings. The van der Waals surface area contributed by atoms with Gasteiger partial charge in [-0.1, -0.05) is 6.42 Å². The molecule has 2 aliphatic carbocycles. The Kier molecular flexibility index (Phi) is 5.01. The van der Waals surface area contributed by atoms with E-state index >= 15 is 0 Å². The predicted molar refractivity (Wildman–Crippen MR) is 71.3 cm³/mol. The lowest BCUT2D eigenvalue weighted by Crippen LogP contribution is -2.43. The molecule has 4 unspecified atom stereocenters. The largest absolute Gasteiger partial charge is 0.383 e. The molecule has 2 bridgehead atoms. The van der Waals surface area contributed by atoms with Gasteiger partial charge in [-0.15, -0.1) is 0 Å². The summed E-state index contributed by atoms with van der Waals surface area (Å²) < 4.78 is 4.90. The average molecular weight is 254 g/mol. The maximum absolute atomic E-state index is 11.6.